The van der Waals surface area contributed by atoms with Gasteiger partial charge in [0.15, 0.2) is 0 Å². The molecule has 1 aromatic carbocycles. The van der Waals surface area contributed by atoms with Gasteiger partial charge < -0.3 is 11.1 Å². The maximum absolute atomic E-state index is 12.5. The standard InChI is InChI=1S/C12H18BrN3O3S/c1-3-6-16(8-12(17)15-2)20(18,19)9-4-5-11(14)10(13)7-9/h4-5,7H,3,6,8,14H2,1-2H3,(H,15,17). The molecule has 0 saturated carbocycles. The SMILES string of the molecule is CCCN(CC(=O)NC)S(=O)(=O)c1ccc(N)c(Br)c1. The van der Waals surface area contributed by atoms with Crippen molar-refractivity contribution < 1.29 is 13.2 Å². The number of sulfonamides is 1. The summed E-state index contributed by atoms with van der Waals surface area (Å²) in [7, 11) is -2.25. The highest BCUT2D eigenvalue weighted by Gasteiger charge is 2.26. The minimum Gasteiger partial charge on any atom is -0.398 e. The van der Waals surface area contributed by atoms with Gasteiger partial charge in [0.2, 0.25) is 15.9 Å². The second kappa shape index (κ2) is 7.05. The molecule has 0 spiro atoms. The van der Waals surface area contributed by atoms with E-state index in [4.69, 9.17) is 5.73 Å². The Morgan fingerprint density at radius 3 is 2.60 bits per heavy atom. The quantitative estimate of drug-likeness (QED) is 0.742. The van der Waals surface area contributed by atoms with Crippen molar-refractivity contribution in [3.8, 4) is 0 Å². The van der Waals surface area contributed by atoms with Gasteiger partial charge >= 0.3 is 0 Å². The number of rotatable bonds is 6. The molecule has 0 atom stereocenters. The first kappa shape index (κ1) is 16.9. The summed E-state index contributed by atoms with van der Waals surface area (Å²) in [6, 6.07) is 4.39. The number of carbonyl (C=O) groups excluding carboxylic acids is 1. The molecule has 1 rings (SSSR count). The fourth-order valence-electron chi connectivity index (χ4n) is 1.59. The van der Waals surface area contributed by atoms with Crippen molar-refractivity contribution in [2.24, 2.45) is 0 Å². The molecule has 0 aliphatic carbocycles. The molecule has 0 aliphatic heterocycles. The van der Waals surface area contributed by atoms with Crippen LogP contribution in [0.5, 0.6) is 0 Å². The van der Waals surface area contributed by atoms with E-state index >= 15 is 0 Å². The first-order chi connectivity index (χ1) is 9.32. The van der Waals surface area contributed by atoms with Crippen LogP contribution in [0.4, 0.5) is 5.69 Å². The van der Waals surface area contributed by atoms with E-state index in [9.17, 15) is 13.2 Å². The van der Waals surface area contributed by atoms with Crippen LogP contribution in [0, 0.1) is 0 Å². The summed E-state index contributed by atoms with van der Waals surface area (Å²) in [6.07, 6.45) is 0.617. The third-order valence-electron chi connectivity index (χ3n) is 2.68. The lowest BCUT2D eigenvalue weighted by molar-refractivity contribution is -0.120. The van der Waals surface area contributed by atoms with Crippen molar-refractivity contribution in [3.05, 3.63) is 22.7 Å². The molecule has 8 heteroatoms. The van der Waals surface area contributed by atoms with Gasteiger partial charge in [-0.2, -0.15) is 4.31 Å². The van der Waals surface area contributed by atoms with Crippen molar-refractivity contribution >= 4 is 37.5 Å². The largest absolute Gasteiger partial charge is 0.398 e. The molecule has 0 unspecified atom stereocenters. The highest BCUT2D eigenvalue weighted by Crippen LogP contribution is 2.25. The van der Waals surface area contributed by atoms with Gasteiger partial charge in [0.25, 0.3) is 0 Å². The number of anilines is 1. The maximum Gasteiger partial charge on any atom is 0.243 e. The summed E-state index contributed by atoms with van der Waals surface area (Å²) >= 11 is 3.20. The minimum atomic E-state index is -3.72. The minimum absolute atomic E-state index is 0.107. The molecule has 0 fully saturated rings. The molecule has 6 nitrogen and oxygen atoms in total. The Balaban J connectivity index is 3.14. The van der Waals surface area contributed by atoms with E-state index in [2.05, 4.69) is 21.2 Å². The lowest BCUT2D eigenvalue weighted by Crippen LogP contribution is -2.40. The van der Waals surface area contributed by atoms with E-state index in [0.717, 1.165) is 4.31 Å². The first-order valence-electron chi connectivity index (χ1n) is 6.08. The molecule has 0 aromatic heterocycles. The topological polar surface area (TPSA) is 92.5 Å². The summed E-state index contributed by atoms with van der Waals surface area (Å²) in [4.78, 5) is 11.6. The fourth-order valence-corrected chi connectivity index (χ4v) is 3.64. The van der Waals surface area contributed by atoms with E-state index in [-0.39, 0.29) is 23.9 Å². The Morgan fingerprint density at radius 1 is 1.45 bits per heavy atom. The highest BCUT2D eigenvalue weighted by molar-refractivity contribution is 9.10. The van der Waals surface area contributed by atoms with Gasteiger partial charge in [-0.05, 0) is 40.5 Å². The van der Waals surface area contributed by atoms with Crippen LogP contribution in [-0.2, 0) is 14.8 Å². The zero-order valence-electron chi connectivity index (χ0n) is 11.4. The van der Waals surface area contributed by atoms with Crippen LogP contribution in [0.1, 0.15) is 13.3 Å². The van der Waals surface area contributed by atoms with E-state index in [1.54, 1.807) is 0 Å². The summed E-state index contributed by atoms with van der Waals surface area (Å²) < 4.78 is 26.7. The monoisotopic (exact) mass is 363 g/mol. The lowest BCUT2D eigenvalue weighted by atomic mass is 10.3. The highest BCUT2D eigenvalue weighted by atomic mass is 79.9. The van der Waals surface area contributed by atoms with Gasteiger partial charge in [0.05, 0.1) is 11.4 Å². The van der Waals surface area contributed by atoms with Gasteiger partial charge in [-0.3, -0.25) is 4.79 Å². The van der Waals surface area contributed by atoms with Crippen LogP contribution in [0.2, 0.25) is 0 Å². The smallest absolute Gasteiger partial charge is 0.243 e. The second-order valence-electron chi connectivity index (χ2n) is 4.20. The molecule has 1 aromatic rings. The van der Waals surface area contributed by atoms with Crippen molar-refractivity contribution in [3.63, 3.8) is 0 Å². The lowest BCUT2D eigenvalue weighted by Gasteiger charge is -2.21. The summed E-state index contributed by atoms with van der Waals surface area (Å²) in [5.41, 5.74) is 6.11. The van der Waals surface area contributed by atoms with Crippen molar-refractivity contribution in [1.82, 2.24) is 9.62 Å². The fraction of sp³-hybridized carbons (Fsp3) is 0.417. The number of nitrogens with zero attached hydrogens (tertiary/aromatic N) is 1. The summed E-state index contributed by atoms with van der Waals surface area (Å²) in [5.74, 6) is -0.350. The number of hydrogen-bond donors (Lipinski definition) is 2. The average Bonchev–Trinajstić information content (AvgIpc) is 2.40. The molecule has 3 N–H and O–H groups in total. The molecule has 0 bridgehead atoms. The third kappa shape index (κ3) is 3.94. The number of hydrogen-bond acceptors (Lipinski definition) is 4. The maximum atomic E-state index is 12.5. The Labute approximate surface area is 127 Å². The van der Waals surface area contributed by atoms with E-state index < -0.39 is 10.0 Å². The van der Waals surface area contributed by atoms with E-state index in [1.165, 1.54) is 25.2 Å². The molecule has 0 heterocycles. The molecule has 112 valence electrons. The van der Waals surface area contributed by atoms with Crippen molar-refractivity contribution in [2.45, 2.75) is 18.2 Å². The molecule has 1 amide bonds. The van der Waals surface area contributed by atoms with Crippen LogP contribution in [0.15, 0.2) is 27.6 Å². The Morgan fingerprint density at radius 2 is 2.10 bits per heavy atom. The zero-order valence-corrected chi connectivity index (χ0v) is 13.8. The number of nitrogens with two attached hydrogens (primary N) is 1. The van der Waals surface area contributed by atoms with Gasteiger partial charge in [-0.1, -0.05) is 6.92 Å². The first-order valence-corrected chi connectivity index (χ1v) is 8.32. The average molecular weight is 364 g/mol. The second-order valence-corrected chi connectivity index (χ2v) is 6.99. The number of carbonyl (C=O) groups is 1. The third-order valence-corrected chi connectivity index (χ3v) is 5.21. The number of nitrogens with one attached hydrogen (secondary N) is 1. The van der Waals surface area contributed by atoms with Crippen molar-refractivity contribution in [1.29, 1.82) is 0 Å². The Hall–Kier alpha value is -1.12. The number of amides is 1. The number of benzene rings is 1. The molecular weight excluding hydrogens is 346 g/mol. The van der Waals surface area contributed by atoms with E-state index in [1.807, 2.05) is 6.92 Å². The normalized spacial score (nSPS) is 11.6. The number of likely N-dealkylation sites (N-methyl/N-ethyl adjacent to an activating group) is 1. The zero-order chi connectivity index (χ0) is 15.3. The summed E-state index contributed by atoms with van der Waals surface area (Å²) in [5, 5.41) is 2.42. The van der Waals surface area contributed by atoms with Crippen LogP contribution in [0.3, 0.4) is 0 Å². The van der Waals surface area contributed by atoms with Crippen LogP contribution >= 0.6 is 15.9 Å². The van der Waals surface area contributed by atoms with Crippen LogP contribution in [0.25, 0.3) is 0 Å². The van der Waals surface area contributed by atoms with Gasteiger partial charge in [-0.15, -0.1) is 0 Å². The van der Waals surface area contributed by atoms with Gasteiger partial charge in [-0.25, -0.2) is 8.42 Å². The van der Waals surface area contributed by atoms with Gasteiger partial charge in [0.1, 0.15) is 0 Å². The van der Waals surface area contributed by atoms with Gasteiger partial charge in [0, 0.05) is 23.8 Å². The molecule has 20 heavy (non-hydrogen) atoms. The molecule has 0 aliphatic rings. The molecule has 0 saturated heterocycles. The Kier molecular flexibility index (Phi) is 5.97. The predicted molar refractivity (Wildman–Crippen MR) is 81.7 cm³/mol. The molecule has 0 radical (unpaired) electrons. The number of nitrogen functional groups attached to an aromatic ring is 1. The van der Waals surface area contributed by atoms with Crippen LogP contribution < -0.4 is 11.1 Å². The summed E-state index contributed by atoms with van der Waals surface area (Å²) in [6.45, 7) is 1.93. The van der Waals surface area contributed by atoms with Crippen LogP contribution in [-0.4, -0.2) is 38.8 Å². The molecular formula is C12H18BrN3O3S. The van der Waals surface area contributed by atoms with E-state index in [0.29, 0.717) is 16.6 Å². The predicted octanol–water partition coefficient (Wildman–Crippen LogP) is 1.18. The Bertz CT molecular complexity index is 590. The van der Waals surface area contributed by atoms with Crippen molar-refractivity contribution in [2.75, 3.05) is 25.9 Å². The number of halogens is 1.